The van der Waals surface area contributed by atoms with Crippen LogP contribution in [0.2, 0.25) is 0 Å². The lowest BCUT2D eigenvalue weighted by atomic mass is 10.2. The summed E-state index contributed by atoms with van der Waals surface area (Å²) in [5.41, 5.74) is 0.610. The Morgan fingerprint density at radius 2 is 2.09 bits per heavy atom. The molecule has 0 bridgehead atoms. The molecule has 1 aliphatic heterocycles. The molecule has 1 aromatic rings. The summed E-state index contributed by atoms with van der Waals surface area (Å²) in [7, 11) is 0. The molecule has 3 N–H and O–H groups in total. The van der Waals surface area contributed by atoms with Gasteiger partial charge in [-0.15, -0.1) is 0 Å². The fourth-order valence-electron chi connectivity index (χ4n) is 2.31. The number of rotatable bonds is 7. The van der Waals surface area contributed by atoms with Crippen molar-refractivity contribution < 1.29 is 23.8 Å². The molecule has 0 saturated carbocycles. The summed E-state index contributed by atoms with van der Waals surface area (Å²) in [6.45, 7) is 1.13. The van der Waals surface area contributed by atoms with E-state index in [4.69, 9.17) is 9.84 Å². The number of halogens is 1. The van der Waals surface area contributed by atoms with Gasteiger partial charge in [-0.3, -0.25) is 4.79 Å². The first-order chi connectivity index (χ1) is 11.1. The highest BCUT2D eigenvalue weighted by molar-refractivity contribution is 5.96. The Morgan fingerprint density at radius 1 is 1.35 bits per heavy atom. The van der Waals surface area contributed by atoms with E-state index in [0.717, 1.165) is 0 Å². The first kappa shape index (κ1) is 17.2. The average molecular weight is 325 g/mol. The number of ether oxygens (including phenoxy) is 1. The van der Waals surface area contributed by atoms with E-state index in [2.05, 4.69) is 10.6 Å². The lowest BCUT2D eigenvalue weighted by molar-refractivity contribution is -0.117. The molecule has 2 rings (SSSR count). The highest BCUT2D eigenvalue weighted by atomic mass is 19.1. The van der Waals surface area contributed by atoms with Crippen LogP contribution >= 0.6 is 0 Å². The average Bonchev–Trinajstić information content (AvgIpc) is 2.88. The fourth-order valence-corrected chi connectivity index (χ4v) is 2.31. The van der Waals surface area contributed by atoms with E-state index in [1.807, 2.05) is 0 Å². The van der Waals surface area contributed by atoms with Crippen LogP contribution < -0.4 is 15.5 Å². The Kier molecular flexibility index (Phi) is 6.30. The second kappa shape index (κ2) is 8.44. The van der Waals surface area contributed by atoms with Crippen molar-refractivity contribution >= 4 is 17.6 Å². The second-order valence-corrected chi connectivity index (χ2v) is 5.12. The van der Waals surface area contributed by atoms with Gasteiger partial charge in [-0.1, -0.05) is 0 Å². The van der Waals surface area contributed by atoms with Crippen molar-refractivity contribution in [3.8, 4) is 0 Å². The van der Waals surface area contributed by atoms with E-state index < -0.39 is 0 Å². The van der Waals surface area contributed by atoms with E-state index in [-0.39, 0.29) is 43.4 Å². The van der Waals surface area contributed by atoms with Gasteiger partial charge in [-0.25, -0.2) is 9.18 Å². The van der Waals surface area contributed by atoms with Gasteiger partial charge in [0.05, 0.1) is 25.9 Å². The molecule has 7 nitrogen and oxygen atoms in total. The predicted octanol–water partition coefficient (Wildman–Crippen LogP) is 0.239. The molecule has 0 aliphatic carbocycles. The van der Waals surface area contributed by atoms with Crippen LogP contribution in [-0.4, -0.2) is 56.0 Å². The zero-order valence-corrected chi connectivity index (χ0v) is 12.6. The van der Waals surface area contributed by atoms with Crippen molar-refractivity contribution in [2.75, 3.05) is 37.8 Å². The number of carbonyl (C=O) groups is 2. The topological polar surface area (TPSA) is 90.9 Å². The molecular formula is C15H20FN3O4. The van der Waals surface area contributed by atoms with Crippen molar-refractivity contribution in [2.24, 2.45) is 0 Å². The summed E-state index contributed by atoms with van der Waals surface area (Å²) < 4.78 is 17.9. The van der Waals surface area contributed by atoms with Crippen LogP contribution in [0.15, 0.2) is 24.3 Å². The van der Waals surface area contributed by atoms with Gasteiger partial charge in [0.2, 0.25) is 5.91 Å². The van der Waals surface area contributed by atoms with E-state index in [1.165, 1.54) is 29.2 Å². The summed E-state index contributed by atoms with van der Waals surface area (Å²) in [6.07, 6.45) is 0.200. The van der Waals surface area contributed by atoms with Crippen LogP contribution in [0.4, 0.5) is 14.9 Å². The van der Waals surface area contributed by atoms with Gasteiger partial charge < -0.3 is 25.4 Å². The fraction of sp³-hybridized carbons (Fsp3) is 0.467. The third-order valence-corrected chi connectivity index (χ3v) is 3.37. The summed E-state index contributed by atoms with van der Waals surface area (Å²) in [6, 6.07) is 4.98. The first-order valence-corrected chi connectivity index (χ1v) is 7.39. The molecule has 126 valence electrons. The molecule has 0 radical (unpaired) electrons. The van der Waals surface area contributed by atoms with Crippen LogP contribution in [-0.2, 0) is 9.53 Å². The van der Waals surface area contributed by atoms with E-state index in [9.17, 15) is 14.0 Å². The summed E-state index contributed by atoms with van der Waals surface area (Å²) in [5, 5.41) is 13.9. The maximum absolute atomic E-state index is 12.9. The number of carbonyl (C=O) groups excluding carboxylic acids is 2. The van der Waals surface area contributed by atoms with Gasteiger partial charge in [0.1, 0.15) is 5.82 Å². The molecule has 1 aromatic carbocycles. The molecule has 0 spiro atoms. The van der Waals surface area contributed by atoms with E-state index >= 15 is 0 Å². The molecule has 1 aliphatic rings. The highest BCUT2D eigenvalue weighted by Gasteiger charge is 2.31. The summed E-state index contributed by atoms with van der Waals surface area (Å²) in [4.78, 5) is 25.2. The molecule has 1 fully saturated rings. The first-order valence-electron chi connectivity index (χ1n) is 7.39. The number of hydrogen-bond acceptors (Lipinski definition) is 4. The minimum absolute atomic E-state index is 0.0599. The van der Waals surface area contributed by atoms with Gasteiger partial charge in [0.25, 0.3) is 0 Å². The van der Waals surface area contributed by atoms with Gasteiger partial charge in [-0.05, 0) is 24.3 Å². The number of amides is 3. The molecule has 1 saturated heterocycles. The van der Waals surface area contributed by atoms with Gasteiger partial charge in [0.15, 0.2) is 0 Å². The van der Waals surface area contributed by atoms with Crippen LogP contribution in [0.5, 0.6) is 0 Å². The lowest BCUT2D eigenvalue weighted by Gasteiger charge is -2.17. The Bertz CT molecular complexity index is 538. The van der Waals surface area contributed by atoms with E-state index in [1.54, 1.807) is 0 Å². The second-order valence-electron chi connectivity index (χ2n) is 5.12. The lowest BCUT2D eigenvalue weighted by Crippen LogP contribution is -2.44. The van der Waals surface area contributed by atoms with Gasteiger partial charge in [-0.2, -0.15) is 0 Å². The molecule has 3 amide bonds. The monoisotopic (exact) mass is 325 g/mol. The molecule has 0 unspecified atom stereocenters. The number of benzene rings is 1. The van der Waals surface area contributed by atoms with Crippen LogP contribution in [0.1, 0.15) is 6.42 Å². The van der Waals surface area contributed by atoms with Crippen molar-refractivity contribution in [3.05, 3.63) is 30.1 Å². The zero-order valence-electron chi connectivity index (χ0n) is 12.6. The van der Waals surface area contributed by atoms with Gasteiger partial charge in [0, 0.05) is 25.2 Å². The van der Waals surface area contributed by atoms with Crippen LogP contribution in [0, 0.1) is 5.82 Å². The molecule has 1 atom stereocenters. The maximum Gasteiger partial charge on any atom is 0.315 e. The third kappa shape index (κ3) is 5.19. The summed E-state index contributed by atoms with van der Waals surface area (Å²) in [5.74, 6) is -0.481. The number of hydrogen-bond donors (Lipinski definition) is 3. The highest BCUT2D eigenvalue weighted by Crippen LogP contribution is 2.21. The van der Waals surface area contributed by atoms with E-state index in [0.29, 0.717) is 25.4 Å². The molecule has 1 heterocycles. The van der Waals surface area contributed by atoms with Crippen molar-refractivity contribution in [1.82, 2.24) is 10.6 Å². The van der Waals surface area contributed by atoms with Crippen LogP contribution in [0.3, 0.4) is 0 Å². The molecule has 0 aromatic heterocycles. The number of nitrogens with zero attached hydrogens (tertiary/aromatic N) is 1. The summed E-state index contributed by atoms with van der Waals surface area (Å²) >= 11 is 0. The van der Waals surface area contributed by atoms with Crippen molar-refractivity contribution in [1.29, 1.82) is 0 Å². The van der Waals surface area contributed by atoms with Crippen LogP contribution in [0.25, 0.3) is 0 Å². The standard InChI is InChI=1S/C15H20FN3O4/c16-11-1-3-13(4-2-11)19-10-12(9-14(19)21)18-15(22)17-5-7-23-8-6-20/h1-4,12,20H,5-10H2,(H2,17,18,22)/t12-/m1/s1. The number of aliphatic hydroxyl groups excluding tert-OH is 1. The van der Waals surface area contributed by atoms with Gasteiger partial charge >= 0.3 is 6.03 Å². The Hall–Kier alpha value is -2.19. The minimum Gasteiger partial charge on any atom is -0.394 e. The number of aliphatic hydroxyl groups is 1. The SMILES string of the molecule is O=C(NCCOCCO)N[C@@H]1CC(=O)N(c2ccc(F)cc2)C1. The minimum atomic E-state index is -0.378. The predicted molar refractivity (Wildman–Crippen MR) is 81.6 cm³/mol. The molecule has 23 heavy (non-hydrogen) atoms. The Morgan fingerprint density at radius 3 is 2.78 bits per heavy atom. The molecular weight excluding hydrogens is 305 g/mol. The van der Waals surface area contributed by atoms with Crippen molar-refractivity contribution in [3.63, 3.8) is 0 Å². The smallest absolute Gasteiger partial charge is 0.315 e. The Balaban J connectivity index is 1.76. The molecule has 8 heteroatoms. The normalized spacial score (nSPS) is 17.4. The quantitative estimate of drug-likeness (QED) is 0.626. The number of urea groups is 1. The maximum atomic E-state index is 12.9. The number of anilines is 1. The largest absolute Gasteiger partial charge is 0.394 e. The Labute approximate surface area is 133 Å². The zero-order chi connectivity index (χ0) is 16.7. The number of nitrogens with one attached hydrogen (secondary N) is 2. The van der Waals surface area contributed by atoms with Crippen molar-refractivity contribution in [2.45, 2.75) is 12.5 Å². The third-order valence-electron chi connectivity index (χ3n) is 3.37.